The lowest BCUT2D eigenvalue weighted by atomic mass is 9.83. The van der Waals surface area contributed by atoms with E-state index in [1.807, 2.05) is 0 Å². The number of nitrogens with zero attached hydrogens (tertiary/aromatic N) is 1. The fourth-order valence-corrected chi connectivity index (χ4v) is 7.94. The van der Waals surface area contributed by atoms with Crippen LogP contribution in [0.5, 0.6) is 5.75 Å². The second-order valence-electron chi connectivity index (χ2n) is 10.3. The number of ether oxygens (including phenoxy) is 1. The van der Waals surface area contributed by atoms with Gasteiger partial charge in [-0.25, -0.2) is 4.90 Å². The van der Waals surface area contributed by atoms with Crippen molar-refractivity contribution in [3.05, 3.63) is 104 Å². The van der Waals surface area contributed by atoms with Gasteiger partial charge in [0.1, 0.15) is 11.0 Å². The molecule has 1 saturated heterocycles. The van der Waals surface area contributed by atoms with Crippen LogP contribution in [-0.2, 0) is 26.7 Å². The van der Waals surface area contributed by atoms with E-state index in [-0.39, 0.29) is 11.4 Å². The van der Waals surface area contributed by atoms with Crippen molar-refractivity contribution in [2.45, 2.75) is 28.5 Å². The number of halogens is 6. The highest BCUT2D eigenvalue weighted by Crippen LogP contribution is 2.53. The number of imide groups is 1. The van der Waals surface area contributed by atoms with Crippen molar-refractivity contribution in [1.82, 2.24) is 4.98 Å². The van der Waals surface area contributed by atoms with Gasteiger partial charge in [0.15, 0.2) is 6.61 Å². The van der Waals surface area contributed by atoms with E-state index < -0.39 is 75.5 Å². The first-order chi connectivity index (χ1) is 21.7. The topological polar surface area (TPSA) is 109 Å². The van der Waals surface area contributed by atoms with Crippen LogP contribution in [0.4, 0.5) is 37.7 Å². The molecule has 3 atom stereocenters. The van der Waals surface area contributed by atoms with Crippen molar-refractivity contribution < 1.29 is 45.5 Å². The minimum Gasteiger partial charge on any atom is -0.484 e. The Morgan fingerprint density at radius 2 is 1.63 bits per heavy atom. The third-order valence-electron chi connectivity index (χ3n) is 7.35. The van der Waals surface area contributed by atoms with Crippen LogP contribution < -0.4 is 19.8 Å². The third kappa shape index (κ3) is 5.89. The van der Waals surface area contributed by atoms with E-state index in [2.05, 4.69) is 10.3 Å². The van der Waals surface area contributed by atoms with Crippen LogP contribution >= 0.6 is 23.1 Å². The second kappa shape index (κ2) is 11.7. The molecule has 6 rings (SSSR count). The molecule has 0 aliphatic carbocycles. The summed E-state index contributed by atoms with van der Waals surface area (Å²) in [4.78, 5) is 55.6. The van der Waals surface area contributed by atoms with Crippen molar-refractivity contribution in [3.8, 4) is 5.75 Å². The van der Waals surface area contributed by atoms with Crippen LogP contribution in [0.15, 0.2) is 82.6 Å². The Balaban J connectivity index is 1.28. The summed E-state index contributed by atoms with van der Waals surface area (Å²) < 4.78 is 85.7. The summed E-state index contributed by atoms with van der Waals surface area (Å²) in [6.07, 6.45) is -9.42. The number of fused-ring (bicyclic) bond motifs is 2. The summed E-state index contributed by atoms with van der Waals surface area (Å²) in [6.45, 7) is -0.675. The molecule has 1 fully saturated rings. The zero-order chi connectivity index (χ0) is 33.0. The maximum Gasteiger partial charge on any atom is 0.418 e. The molecule has 2 N–H and O–H groups in total. The van der Waals surface area contributed by atoms with E-state index >= 15 is 0 Å². The van der Waals surface area contributed by atoms with E-state index in [1.165, 1.54) is 36.4 Å². The highest BCUT2D eigenvalue weighted by molar-refractivity contribution is 8.00. The highest BCUT2D eigenvalue weighted by Gasteiger charge is 2.56. The van der Waals surface area contributed by atoms with Crippen molar-refractivity contribution in [2.24, 2.45) is 5.92 Å². The van der Waals surface area contributed by atoms with E-state index in [0.717, 1.165) is 58.3 Å². The van der Waals surface area contributed by atoms with Gasteiger partial charge in [0.2, 0.25) is 11.8 Å². The quantitative estimate of drug-likeness (QED) is 0.183. The van der Waals surface area contributed by atoms with Crippen LogP contribution in [-0.4, -0.2) is 34.6 Å². The van der Waals surface area contributed by atoms with Gasteiger partial charge < -0.3 is 15.0 Å². The minimum absolute atomic E-state index is 0.0995. The number of thiazole rings is 1. The number of aromatic amines is 1. The number of thioether (sulfide) groups is 1. The van der Waals surface area contributed by atoms with Crippen LogP contribution in [0.25, 0.3) is 0 Å². The Bertz CT molecular complexity index is 1920. The number of para-hydroxylation sites is 1. The molecule has 1 aromatic heterocycles. The number of rotatable bonds is 6. The molecule has 238 valence electrons. The summed E-state index contributed by atoms with van der Waals surface area (Å²) in [5, 5.41) is 1.43. The van der Waals surface area contributed by atoms with Gasteiger partial charge in [-0.1, -0.05) is 53.4 Å². The zero-order valence-corrected chi connectivity index (χ0v) is 24.6. The number of alkyl halides is 6. The van der Waals surface area contributed by atoms with Crippen molar-refractivity contribution in [2.75, 3.05) is 16.8 Å². The maximum atomic E-state index is 13.8. The molecule has 0 radical (unpaired) electrons. The lowest BCUT2D eigenvalue weighted by Crippen LogP contribution is -2.32. The average molecular weight is 680 g/mol. The van der Waals surface area contributed by atoms with Crippen LogP contribution in [0.3, 0.4) is 0 Å². The van der Waals surface area contributed by atoms with Gasteiger partial charge in [0.05, 0.1) is 33.4 Å². The molecule has 3 heterocycles. The molecular weight excluding hydrogens is 660 g/mol. The van der Waals surface area contributed by atoms with E-state index in [9.17, 15) is 45.5 Å². The number of benzene rings is 3. The molecule has 4 aromatic rings. The predicted octanol–water partition coefficient (Wildman–Crippen LogP) is 6.29. The fraction of sp³-hybridized carbons (Fsp3) is 0.200. The first kappa shape index (κ1) is 31.4. The molecular formula is C30H19F6N3O5S2. The highest BCUT2D eigenvalue weighted by atomic mass is 32.2. The Morgan fingerprint density at radius 3 is 2.37 bits per heavy atom. The number of anilines is 2. The first-order valence-corrected chi connectivity index (χ1v) is 15.1. The molecule has 8 nitrogen and oxygen atoms in total. The molecule has 0 spiro atoms. The third-order valence-corrected chi connectivity index (χ3v) is 9.75. The number of aromatic nitrogens is 1. The Labute approximate surface area is 263 Å². The van der Waals surface area contributed by atoms with Gasteiger partial charge in [-0.05, 0) is 48.0 Å². The molecule has 3 amide bonds. The van der Waals surface area contributed by atoms with E-state index in [0.29, 0.717) is 15.5 Å². The number of carbonyl (C=O) groups excluding carboxylic acids is 3. The SMILES string of the molecule is O=C(COc1cccc(C2c3sc(=O)[nH]c3SC3C(=O)N(c4cccc(C(F)(F)F)c4)C(=O)C32)c1)Nc1ccccc1C(F)(F)F. The number of hydrogen-bond donors (Lipinski definition) is 2. The van der Waals surface area contributed by atoms with Gasteiger partial charge in [-0.2, -0.15) is 26.3 Å². The van der Waals surface area contributed by atoms with Crippen LogP contribution in [0, 0.1) is 5.92 Å². The number of amides is 3. The van der Waals surface area contributed by atoms with Gasteiger partial charge in [-0.3, -0.25) is 19.2 Å². The zero-order valence-electron chi connectivity index (χ0n) is 22.9. The molecule has 2 aliphatic heterocycles. The summed E-state index contributed by atoms with van der Waals surface area (Å²) in [5.74, 6) is -4.28. The normalized spacial score (nSPS) is 19.5. The number of carbonyl (C=O) groups is 3. The second-order valence-corrected chi connectivity index (χ2v) is 12.4. The van der Waals surface area contributed by atoms with Gasteiger partial charge in [-0.15, -0.1) is 0 Å². The van der Waals surface area contributed by atoms with Gasteiger partial charge >= 0.3 is 17.2 Å². The Hall–Kier alpha value is -4.57. The van der Waals surface area contributed by atoms with Gasteiger partial charge in [0, 0.05) is 10.8 Å². The molecule has 46 heavy (non-hydrogen) atoms. The lowest BCUT2D eigenvalue weighted by molar-refractivity contribution is -0.138. The van der Waals surface area contributed by atoms with E-state index in [1.54, 1.807) is 6.07 Å². The minimum atomic E-state index is -4.71. The first-order valence-electron chi connectivity index (χ1n) is 13.4. The smallest absolute Gasteiger partial charge is 0.418 e. The lowest BCUT2D eigenvalue weighted by Gasteiger charge is -2.30. The molecule has 3 aromatic carbocycles. The standard InChI is InChI=1S/C30H19F6N3O5S2/c31-29(32,33)15-6-4-7-16(12-15)39-26(41)22-21(23-25(38-28(43)46-23)45-24(22)27(39)42)14-5-3-8-17(11-14)44-13-20(40)37-19-10-2-1-9-18(19)30(34,35)36/h1-12,21-22,24H,13H2,(H,37,40)(H,38,43). The predicted molar refractivity (Wildman–Crippen MR) is 156 cm³/mol. The number of hydrogen-bond acceptors (Lipinski definition) is 7. The summed E-state index contributed by atoms with van der Waals surface area (Å²) in [5.41, 5.74) is -2.37. The van der Waals surface area contributed by atoms with E-state index in [4.69, 9.17) is 4.74 Å². The Kier molecular flexibility index (Phi) is 7.96. The summed E-state index contributed by atoms with van der Waals surface area (Å²) in [6, 6.07) is 14.4. The largest absolute Gasteiger partial charge is 0.484 e. The molecule has 0 saturated carbocycles. The average Bonchev–Trinajstić information content (AvgIpc) is 3.49. The number of H-pyrrole nitrogens is 1. The van der Waals surface area contributed by atoms with Crippen molar-refractivity contribution in [1.29, 1.82) is 0 Å². The summed E-state index contributed by atoms with van der Waals surface area (Å²) in [7, 11) is 0. The maximum absolute atomic E-state index is 13.8. The molecule has 3 unspecified atom stereocenters. The molecule has 16 heteroatoms. The Morgan fingerprint density at radius 1 is 0.891 bits per heavy atom. The van der Waals surface area contributed by atoms with Crippen LogP contribution in [0.2, 0.25) is 0 Å². The van der Waals surface area contributed by atoms with Crippen LogP contribution in [0.1, 0.15) is 27.5 Å². The molecule has 2 aliphatic rings. The monoisotopic (exact) mass is 679 g/mol. The summed E-state index contributed by atoms with van der Waals surface area (Å²) >= 11 is 1.76. The number of nitrogens with one attached hydrogen (secondary N) is 2. The van der Waals surface area contributed by atoms with Crippen molar-refractivity contribution >= 4 is 52.2 Å². The van der Waals surface area contributed by atoms with Gasteiger partial charge in [0.25, 0.3) is 5.91 Å². The fourth-order valence-electron chi connectivity index (χ4n) is 5.42. The van der Waals surface area contributed by atoms with Crippen molar-refractivity contribution in [3.63, 3.8) is 0 Å². The molecule has 0 bridgehead atoms.